The van der Waals surface area contributed by atoms with Gasteiger partial charge in [0.2, 0.25) is 15.9 Å². The molecule has 180 valence electrons. The number of para-hydroxylation sites is 1. The predicted molar refractivity (Wildman–Crippen MR) is 131 cm³/mol. The summed E-state index contributed by atoms with van der Waals surface area (Å²) in [5.41, 5.74) is 0.940. The van der Waals surface area contributed by atoms with Crippen molar-refractivity contribution in [3.8, 4) is 0 Å². The average molecular weight is 484 g/mol. The van der Waals surface area contributed by atoms with Crippen molar-refractivity contribution in [2.24, 2.45) is 0 Å². The SMILES string of the molecule is CCN1CCN(S(=O)(=O)c2cccc(NC(=O)CCCn3cnc4ccccc4c3=O)c2)CC1. The quantitative estimate of drug-likeness (QED) is 0.526. The lowest BCUT2D eigenvalue weighted by Crippen LogP contribution is -2.48. The number of aromatic nitrogens is 2. The minimum absolute atomic E-state index is 0.135. The highest BCUT2D eigenvalue weighted by atomic mass is 32.2. The summed E-state index contributed by atoms with van der Waals surface area (Å²) in [6, 6.07) is 13.5. The molecule has 0 atom stereocenters. The molecule has 34 heavy (non-hydrogen) atoms. The summed E-state index contributed by atoms with van der Waals surface area (Å²) < 4.78 is 29.1. The number of nitrogens with one attached hydrogen (secondary N) is 1. The largest absolute Gasteiger partial charge is 0.326 e. The minimum Gasteiger partial charge on any atom is -0.326 e. The fourth-order valence-corrected chi connectivity index (χ4v) is 5.54. The predicted octanol–water partition coefficient (Wildman–Crippen LogP) is 2.14. The van der Waals surface area contributed by atoms with Crippen LogP contribution in [0.25, 0.3) is 10.9 Å². The molecule has 2 aromatic carbocycles. The van der Waals surface area contributed by atoms with Gasteiger partial charge in [-0.05, 0) is 43.3 Å². The Balaban J connectivity index is 1.35. The third-order valence-electron chi connectivity index (χ3n) is 6.07. The number of rotatable bonds is 8. The van der Waals surface area contributed by atoms with Crippen molar-refractivity contribution in [2.75, 3.05) is 38.0 Å². The molecule has 0 radical (unpaired) electrons. The van der Waals surface area contributed by atoms with Crippen molar-refractivity contribution in [3.63, 3.8) is 0 Å². The van der Waals surface area contributed by atoms with E-state index in [2.05, 4.69) is 22.1 Å². The number of fused-ring (bicyclic) bond motifs is 1. The number of carbonyl (C=O) groups is 1. The van der Waals surface area contributed by atoms with Crippen LogP contribution >= 0.6 is 0 Å². The van der Waals surface area contributed by atoms with Gasteiger partial charge in [-0.1, -0.05) is 25.1 Å². The molecule has 9 nitrogen and oxygen atoms in total. The molecule has 2 heterocycles. The highest BCUT2D eigenvalue weighted by molar-refractivity contribution is 7.89. The fourth-order valence-electron chi connectivity index (χ4n) is 4.07. The first-order valence-electron chi connectivity index (χ1n) is 11.4. The topological polar surface area (TPSA) is 105 Å². The number of hydrogen-bond acceptors (Lipinski definition) is 6. The summed E-state index contributed by atoms with van der Waals surface area (Å²) in [6.45, 7) is 5.66. The van der Waals surface area contributed by atoms with E-state index in [9.17, 15) is 18.0 Å². The highest BCUT2D eigenvalue weighted by Crippen LogP contribution is 2.21. The Morgan fingerprint density at radius 3 is 2.59 bits per heavy atom. The van der Waals surface area contributed by atoms with Gasteiger partial charge in [-0.2, -0.15) is 4.31 Å². The van der Waals surface area contributed by atoms with Crippen molar-refractivity contribution in [3.05, 3.63) is 65.2 Å². The Hall–Kier alpha value is -3.08. The van der Waals surface area contributed by atoms with Crippen molar-refractivity contribution in [1.82, 2.24) is 18.8 Å². The van der Waals surface area contributed by atoms with Crippen LogP contribution in [0.1, 0.15) is 19.8 Å². The number of sulfonamides is 1. The van der Waals surface area contributed by atoms with Crippen molar-refractivity contribution >= 4 is 32.5 Å². The van der Waals surface area contributed by atoms with Gasteiger partial charge in [-0.15, -0.1) is 0 Å². The Morgan fingerprint density at radius 2 is 1.82 bits per heavy atom. The van der Waals surface area contributed by atoms with Gasteiger partial charge in [0.05, 0.1) is 22.1 Å². The molecule has 1 aromatic heterocycles. The Labute approximate surface area is 199 Å². The number of nitrogens with zero attached hydrogens (tertiary/aromatic N) is 4. The van der Waals surface area contributed by atoms with E-state index in [0.29, 0.717) is 55.7 Å². The van der Waals surface area contributed by atoms with Crippen LogP contribution in [0.2, 0.25) is 0 Å². The Kier molecular flexibility index (Phi) is 7.40. The molecule has 3 aromatic rings. The number of carbonyl (C=O) groups excluding carboxylic acids is 1. The van der Waals surface area contributed by atoms with Crippen LogP contribution in [0.3, 0.4) is 0 Å². The lowest BCUT2D eigenvalue weighted by atomic mass is 10.2. The minimum atomic E-state index is -3.62. The van der Waals surface area contributed by atoms with Crippen molar-refractivity contribution in [1.29, 1.82) is 0 Å². The molecule has 1 aliphatic heterocycles. The zero-order valence-corrected chi connectivity index (χ0v) is 20.0. The first kappa shape index (κ1) is 24.1. The van der Waals surface area contributed by atoms with Crippen LogP contribution in [0.5, 0.6) is 0 Å². The maximum Gasteiger partial charge on any atom is 0.261 e. The van der Waals surface area contributed by atoms with Gasteiger partial charge in [0.15, 0.2) is 0 Å². The summed E-state index contributed by atoms with van der Waals surface area (Å²) in [4.78, 5) is 31.7. The van der Waals surface area contributed by atoms with E-state index >= 15 is 0 Å². The van der Waals surface area contributed by atoms with Crippen LogP contribution in [0.4, 0.5) is 5.69 Å². The van der Waals surface area contributed by atoms with E-state index in [1.54, 1.807) is 36.4 Å². The van der Waals surface area contributed by atoms with Gasteiger partial charge in [-0.25, -0.2) is 13.4 Å². The molecule has 1 aliphatic rings. The number of benzene rings is 2. The van der Waals surface area contributed by atoms with Crippen LogP contribution in [0.15, 0.2) is 64.5 Å². The van der Waals surface area contributed by atoms with Crippen molar-refractivity contribution in [2.45, 2.75) is 31.2 Å². The molecule has 0 unspecified atom stereocenters. The molecule has 10 heteroatoms. The maximum atomic E-state index is 13.0. The number of anilines is 1. The van der Waals surface area contributed by atoms with Gasteiger partial charge >= 0.3 is 0 Å². The molecule has 4 rings (SSSR count). The second kappa shape index (κ2) is 10.5. The van der Waals surface area contributed by atoms with Gasteiger partial charge in [0, 0.05) is 44.8 Å². The van der Waals surface area contributed by atoms with Crippen LogP contribution < -0.4 is 10.9 Å². The van der Waals surface area contributed by atoms with Crippen LogP contribution in [-0.4, -0.2) is 65.8 Å². The molecule has 1 amide bonds. The smallest absolute Gasteiger partial charge is 0.261 e. The first-order chi connectivity index (χ1) is 16.4. The summed E-state index contributed by atoms with van der Waals surface area (Å²) in [5.74, 6) is -0.243. The van der Waals surface area contributed by atoms with E-state index in [1.807, 2.05) is 6.07 Å². The highest BCUT2D eigenvalue weighted by Gasteiger charge is 2.28. The van der Waals surface area contributed by atoms with E-state index in [-0.39, 0.29) is 22.8 Å². The van der Waals surface area contributed by atoms with E-state index in [4.69, 9.17) is 0 Å². The number of likely N-dealkylation sites (N-methyl/N-ethyl adjacent to an activating group) is 1. The summed E-state index contributed by atoms with van der Waals surface area (Å²) in [6.07, 6.45) is 2.14. The lowest BCUT2D eigenvalue weighted by molar-refractivity contribution is -0.116. The number of hydrogen-bond donors (Lipinski definition) is 1. The molecule has 1 fully saturated rings. The van der Waals surface area contributed by atoms with E-state index in [0.717, 1.165) is 6.54 Å². The molecular weight excluding hydrogens is 454 g/mol. The van der Waals surface area contributed by atoms with Gasteiger partial charge < -0.3 is 10.2 Å². The zero-order chi connectivity index (χ0) is 24.1. The molecular formula is C24H29N5O4S. The Morgan fingerprint density at radius 1 is 1.06 bits per heavy atom. The van der Waals surface area contributed by atoms with Crippen LogP contribution in [-0.2, 0) is 21.4 Å². The second-order valence-electron chi connectivity index (χ2n) is 8.28. The van der Waals surface area contributed by atoms with Gasteiger partial charge in [-0.3, -0.25) is 14.2 Å². The van der Waals surface area contributed by atoms with Gasteiger partial charge in [0.25, 0.3) is 5.56 Å². The zero-order valence-electron chi connectivity index (χ0n) is 19.2. The molecule has 1 N–H and O–H groups in total. The average Bonchev–Trinajstić information content (AvgIpc) is 2.86. The van der Waals surface area contributed by atoms with Crippen LogP contribution in [0, 0.1) is 0 Å². The fraction of sp³-hybridized carbons (Fsp3) is 0.375. The summed E-state index contributed by atoms with van der Waals surface area (Å²) in [5, 5.41) is 3.32. The number of piperazine rings is 1. The molecule has 1 saturated heterocycles. The Bertz CT molecular complexity index is 1330. The second-order valence-corrected chi connectivity index (χ2v) is 10.2. The summed E-state index contributed by atoms with van der Waals surface area (Å²) in [7, 11) is -3.62. The van der Waals surface area contributed by atoms with E-state index < -0.39 is 10.0 Å². The lowest BCUT2D eigenvalue weighted by Gasteiger charge is -2.33. The molecule has 0 bridgehead atoms. The van der Waals surface area contributed by atoms with E-state index in [1.165, 1.54) is 21.3 Å². The number of aryl methyl sites for hydroxylation is 1. The maximum absolute atomic E-state index is 13.0. The monoisotopic (exact) mass is 483 g/mol. The third-order valence-corrected chi connectivity index (χ3v) is 7.96. The molecule has 0 spiro atoms. The summed E-state index contributed by atoms with van der Waals surface area (Å²) >= 11 is 0. The molecule has 0 aliphatic carbocycles. The third kappa shape index (κ3) is 5.35. The van der Waals surface area contributed by atoms with Crippen molar-refractivity contribution < 1.29 is 13.2 Å². The first-order valence-corrected chi connectivity index (χ1v) is 12.9. The number of amides is 1. The normalized spacial score (nSPS) is 15.4. The van der Waals surface area contributed by atoms with Gasteiger partial charge in [0.1, 0.15) is 0 Å². The molecule has 0 saturated carbocycles. The standard InChI is InChI=1S/C24H29N5O4S/c1-2-27-13-15-29(16-14-27)34(32,33)20-8-5-7-19(17-20)26-23(30)11-6-12-28-18-25-22-10-4-3-9-21(22)24(28)31/h3-5,7-10,17-18H,2,6,11-16H2,1H3,(H,26,30).